The first-order chi connectivity index (χ1) is 12.7. The van der Waals surface area contributed by atoms with Gasteiger partial charge in [0.05, 0.1) is 18.9 Å². The van der Waals surface area contributed by atoms with Crippen LogP contribution in [0.1, 0.15) is 23.5 Å². The minimum atomic E-state index is -0.00799. The van der Waals surface area contributed by atoms with Crippen molar-refractivity contribution in [3.05, 3.63) is 71.8 Å². The van der Waals surface area contributed by atoms with Crippen molar-refractivity contribution in [2.24, 2.45) is 7.05 Å². The van der Waals surface area contributed by atoms with Gasteiger partial charge in [-0.15, -0.1) is 0 Å². The van der Waals surface area contributed by atoms with Gasteiger partial charge in [-0.05, 0) is 5.56 Å². The predicted octanol–water partition coefficient (Wildman–Crippen LogP) is 3.73. The standard InChI is InChI=1S/C21H21N3O2/c1-24-21-19(20(23-24)16-10-6-3-7-11-16)17(12-18(25)22-21)14-26-13-15-8-4-2-5-9-15/h2-11,17H,12-14H2,1H3,(H,22,25). The predicted molar refractivity (Wildman–Crippen MR) is 101 cm³/mol. The second-order valence-electron chi connectivity index (χ2n) is 6.55. The van der Waals surface area contributed by atoms with Crippen LogP contribution in [-0.2, 0) is 23.2 Å². The van der Waals surface area contributed by atoms with Crippen LogP contribution in [0.25, 0.3) is 11.3 Å². The molecule has 1 aromatic heterocycles. The number of aryl methyl sites for hydroxylation is 1. The quantitative estimate of drug-likeness (QED) is 0.765. The highest BCUT2D eigenvalue weighted by atomic mass is 16.5. The highest BCUT2D eigenvalue weighted by Crippen LogP contribution is 2.39. The molecule has 5 heteroatoms. The summed E-state index contributed by atoms with van der Waals surface area (Å²) in [5.74, 6) is 0.771. The minimum Gasteiger partial charge on any atom is -0.376 e. The highest BCUT2D eigenvalue weighted by Gasteiger charge is 2.32. The summed E-state index contributed by atoms with van der Waals surface area (Å²) in [6, 6.07) is 20.1. The van der Waals surface area contributed by atoms with Crippen LogP contribution in [0.15, 0.2) is 60.7 Å². The average Bonchev–Trinajstić information content (AvgIpc) is 3.00. The number of benzene rings is 2. The van der Waals surface area contributed by atoms with Crippen molar-refractivity contribution in [1.82, 2.24) is 9.78 Å². The molecule has 132 valence electrons. The number of carbonyl (C=O) groups excluding carboxylic acids is 1. The molecule has 0 aliphatic carbocycles. The number of amides is 1. The van der Waals surface area contributed by atoms with Gasteiger partial charge in [-0.2, -0.15) is 5.10 Å². The third-order valence-corrected chi connectivity index (χ3v) is 4.66. The Balaban J connectivity index is 1.60. The Hall–Kier alpha value is -2.92. The van der Waals surface area contributed by atoms with E-state index in [0.29, 0.717) is 19.6 Å². The SMILES string of the molecule is Cn1nc(-c2ccccc2)c2c1NC(=O)CC2COCc1ccccc1. The molecule has 0 bridgehead atoms. The van der Waals surface area contributed by atoms with Gasteiger partial charge in [-0.3, -0.25) is 9.48 Å². The second kappa shape index (κ2) is 7.14. The van der Waals surface area contributed by atoms with E-state index in [9.17, 15) is 4.79 Å². The van der Waals surface area contributed by atoms with Gasteiger partial charge in [-0.25, -0.2) is 0 Å². The number of anilines is 1. The number of carbonyl (C=O) groups is 1. The summed E-state index contributed by atoms with van der Waals surface area (Å²) in [7, 11) is 1.86. The molecule has 1 amide bonds. The molecule has 4 rings (SSSR count). The third kappa shape index (κ3) is 3.26. The van der Waals surface area contributed by atoms with E-state index in [1.54, 1.807) is 4.68 Å². The number of nitrogens with one attached hydrogen (secondary N) is 1. The maximum Gasteiger partial charge on any atom is 0.226 e. The first kappa shape index (κ1) is 16.5. The highest BCUT2D eigenvalue weighted by molar-refractivity contribution is 5.95. The molecular formula is C21H21N3O2. The molecule has 2 heterocycles. The van der Waals surface area contributed by atoms with E-state index in [-0.39, 0.29) is 11.8 Å². The Morgan fingerprint density at radius 2 is 1.81 bits per heavy atom. The van der Waals surface area contributed by atoms with E-state index in [4.69, 9.17) is 4.74 Å². The van der Waals surface area contributed by atoms with Crippen molar-refractivity contribution < 1.29 is 9.53 Å². The molecule has 26 heavy (non-hydrogen) atoms. The lowest BCUT2D eigenvalue weighted by atomic mass is 9.90. The Morgan fingerprint density at radius 1 is 1.12 bits per heavy atom. The van der Waals surface area contributed by atoms with Crippen LogP contribution in [0.4, 0.5) is 5.82 Å². The molecule has 1 aliphatic rings. The van der Waals surface area contributed by atoms with Crippen LogP contribution in [0.3, 0.4) is 0 Å². The van der Waals surface area contributed by atoms with Crippen LogP contribution in [0, 0.1) is 0 Å². The summed E-state index contributed by atoms with van der Waals surface area (Å²) in [6.45, 7) is 1.02. The number of fused-ring (bicyclic) bond motifs is 1. The number of aromatic nitrogens is 2. The molecule has 1 unspecified atom stereocenters. The van der Waals surface area contributed by atoms with Crippen molar-refractivity contribution in [2.45, 2.75) is 18.9 Å². The van der Waals surface area contributed by atoms with E-state index in [2.05, 4.69) is 10.4 Å². The maximum absolute atomic E-state index is 12.2. The van der Waals surface area contributed by atoms with Crippen LogP contribution in [-0.4, -0.2) is 22.3 Å². The zero-order valence-corrected chi connectivity index (χ0v) is 14.7. The summed E-state index contributed by atoms with van der Waals surface area (Å²) < 4.78 is 7.70. The van der Waals surface area contributed by atoms with Crippen LogP contribution >= 0.6 is 0 Å². The van der Waals surface area contributed by atoms with Gasteiger partial charge in [0.15, 0.2) is 0 Å². The Morgan fingerprint density at radius 3 is 2.54 bits per heavy atom. The Labute approximate surface area is 152 Å². The van der Waals surface area contributed by atoms with Gasteiger partial charge < -0.3 is 10.1 Å². The first-order valence-corrected chi connectivity index (χ1v) is 8.76. The first-order valence-electron chi connectivity index (χ1n) is 8.76. The number of nitrogens with zero attached hydrogens (tertiary/aromatic N) is 2. The van der Waals surface area contributed by atoms with Gasteiger partial charge in [0.25, 0.3) is 0 Å². The van der Waals surface area contributed by atoms with Crippen molar-refractivity contribution in [3.8, 4) is 11.3 Å². The van der Waals surface area contributed by atoms with Crippen LogP contribution in [0.2, 0.25) is 0 Å². The summed E-state index contributed by atoms with van der Waals surface area (Å²) in [5, 5.41) is 7.62. The molecule has 0 radical (unpaired) electrons. The van der Waals surface area contributed by atoms with Crippen molar-refractivity contribution in [2.75, 3.05) is 11.9 Å². The van der Waals surface area contributed by atoms with Crippen LogP contribution < -0.4 is 5.32 Å². The monoisotopic (exact) mass is 347 g/mol. The topological polar surface area (TPSA) is 56.2 Å². The molecule has 0 saturated carbocycles. The summed E-state index contributed by atoms with van der Waals surface area (Å²) >= 11 is 0. The summed E-state index contributed by atoms with van der Waals surface area (Å²) in [6.07, 6.45) is 0.410. The third-order valence-electron chi connectivity index (χ3n) is 4.66. The molecule has 0 spiro atoms. The van der Waals surface area contributed by atoms with Crippen molar-refractivity contribution in [3.63, 3.8) is 0 Å². The number of ether oxygens (including phenoxy) is 1. The van der Waals surface area contributed by atoms with Gasteiger partial charge in [-0.1, -0.05) is 60.7 Å². The fraction of sp³-hybridized carbons (Fsp3) is 0.238. The molecule has 3 aromatic rings. The number of hydrogen-bond donors (Lipinski definition) is 1. The van der Waals surface area contributed by atoms with Crippen molar-refractivity contribution >= 4 is 11.7 Å². The van der Waals surface area contributed by atoms with Gasteiger partial charge in [0.2, 0.25) is 5.91 Å². The molecular weight excluding hydrogens is 326 g/mol. The lowest BCUT2D eigenvalue weighted by Gasteiger charge is -2.24. The molecule has 2 aromatic carbocycles. The molecule has 1 atom stereocenters. The van der Waals surface area contributed by atoms with Crippen LogP contribution in [0.5, 0.6) is 0 Å². The molecule has 1 N–H and O–H groups in total. The van der Waals surface area contributed by atoms with Gasteiger partial charge in [0.1, 0.15) is 5.82 Å². The summed E-state index contributed by atoms with van der Waals surface area (Å²) in [4.78, 5) is 12.2. The van der Waals surface area contributed by atoms with E-state index in [1.165, 1.54) is 0 Å². The van der Waals surface area contributed by atoms with Crippen molar-refractivity contribution in [1.29, 1.82) is 0 Å². The summed E-state index contributed by atoms with van der Waals surface area (Å²) in [5.41, 5.74) is 4.15. The zero-order chi connectivity index (χ0) is 17.9. The Kier molecular flexibility index (Phi) is 4.54. The zero-order valence-electron chi connectivity index (χ0n) is 14.7. The Bertz CT molecular complexity index is 904. The minimum absolute atomic E-state index is 0.00780. The lowest BCUT2D eigenvalue weighted by Crippen LogP contribution is -2.26. The molecule has 0 saturated heterocycles. The molecule has 5 nitrogen and oxygen atoms in total. The maximum atomic E-state index is 12.2. The second-order valence-corrected chi connectivity index (χ2v) is 6.55. The van der Waals surface area contributed by atoms with Gasteiger partial charge in [0, 0.05) is 30.5 Å². The van der Waals surface area contributed by atoms with E-state index < -0.39 is 0 Å². The average molecular weight is 347 g/mol. The van der Waals surface area contributed by atoms with E-state index in [0.717, 1.165) is 28.2 Å². The fourth-order valence-electron chi connectivity index (χ4n) is 3.43. The smallest absolute Gasteiger partial charge is 0.226 e. The number of hydrogen-bond acceptors (Lipinski definition) is 3. The number of rotatable bonds is 5. The largest absolute Gasteiger partial charge is 0.376 e. The molecule has 1 aliphatic heterocycles. The lowest BCUT2D eigenvalue weighted by molar-refractivity contribution is -0.117. The van der Waals surface area contributed by atoms with Gasteiger partial charge >= 0.3 is 0 Å². The van der Waals surface area contributed by atoms with E-state index >= 15 is 0 Å². The van der Waals surface area contributed by atoms with E-state index in [1.807, 2.05) is 67.7 Å². The normalized spacial score (nSPS) is 16.2. The molecule has 0 fully saturated rings. The fourth-order valence-corrected chi connectivity index (χ4v) is 3.43.